The smallest absolute Gasteiger partial charge is 0.156 e. The van der Waals surface area contributed by atoms with Gasteiger partial charge in [-0.3, -0.25) is 4.99 Å². The monoisotopic (exact) mass is 264 g/mol. The summed E-state index contributed by atoms with van der Waals surface area (Å²) < 4.78 is 5.60. The van der Waals surface area contributed by atoms with Crippen LogP contribution in [-0.4, -0.2) is 30.1 Å². The highest BCUT2D eigenvalue weighted by Gasteiger charge is 2.20. The molecule has 0 saturated carbocycles. The maximum Gasteiger partial charge on any atom is 0.156 e. The molecular weight excluding hydrogens is 244 g/mol. The first-order valence-electron chi connectivity index (χ1n) is 6.37. The summed E-state index contributed by atoms with van der Waals surface area (Å²) in [5, 5.41) is 4.48. The highest BCUT2D eigenvalue weighted by Crippen LogP contribution is 2.19. The number of nitrogens with one attached hydrogen (secondary N) is 1. The van der Waals surface area contributed by atoms with Crippen LogP contribution in [0.25, 0.3) is 0 Å². The molecule has 1 aromatic carbocycles. The number of para-hydroxylation sites is 1. The zero-order chi connectivity index (χ0) is 12.8. The van der Waals surface area contributed by atoms with Crippen molar-refractivity contribution in [3.63, 3.8) is 0 Å². The molecule has 1 N–H and O–H groups in total. The van der Waals surface area contributed by atoms with Gasteiger partial charge in [0, 0.05) is 11.8 Å². The molecule has 4 heteroatoms. The average Bonchev–Trinajstić information content (AvgIpc) is 2.40. The maximum absolute atomic E-state index is 5.60. The molecule has 98 valence electrons. The molecule has 2 unspecified atom stereocenters. The van der Waals surface area contributed by atoms with E-state index in [0.717, 1.165) is 16.7 Å². The lowest BCUT2D eigenvalue weighted by Crippen LogP contribution is -2.41. The van der Waals surface area contributed by atoms with Crippen molar-refractivity contribution >= 4 is 16.9 Å². The van der Waals surface area contributed by atoms with Gasteiger partial charge in [0.25, 0.3) is 0 Å². The number of hydrogen-bond donors (Lipinski definition) is 1. The van der Waals surface area contributed by atoms with Gasteiger partial charge in [0.05, 0.1) is 6.54 Å². The van der Waals surface area contributed by atoms with Crippen molar-refractivity contribution in [2.24, 2.45) is 10.9 Å². The summed E-state index contributed by atoms with van der Waals surface area (Å²) in [6.07, 6.45) is 0. The predicted octanol–water partition coefficient (Wildman–Crippen LogP) is 2.78. The van der Waals surface area contributed by atoms with Gasteiger partial charge in [-0.05, 0) is 25.0 Å². The lowest BCUT2D eigenvalue weighted by molar-refractivity contribution is 0.328. The Morgan fingerprint density at radius 3 is 2.83 bits per heavy atom. The van der Waals surface area contributed by atoms with E-state index >= 15 is 0 Å². The van der Waals surface area contributed by atoms with Gasteiger partial charge in [0.1, 0.15) is 12.4 Å². The number of benzene rings is 1. The van der Waals surface area contributed by atoms with Crippen molar-refractivity contribution in [2.45, 2.75) is 19.9 Å². The van der Waals surface area contributed by atoms with Gasteiger partial charge < -0.3 is 10.1 Å². The van der Waals surface area contributed by atoms with E-state index in [2.05, 4.69) is 24.2 Å². The molecule has 0 radical (unpaired) electrons. The van der Waals surface area contributed by atoms with Crippen LogP contribution in [0.2, 0.25) is 0 Å². The number of rotatable bonds is 4. The van der Waals surface area contributed by atoms with Crippen LogP contribution in [0.1, 0.15) is 13.8 Å². The zero-order valence-corrected chi connectivity index (χ0v) is 11.7. The largest absolute Gasteiger partial charge is 0.492 e. The molecule has 0 aliphatic carbocycles. The molecule has 0 amide bonds. The van der Waals surface area contributed by atoms with E-state index in [0.29, 0.717) is 25.1 Å². The second kappa shape index (κ2) is 6.69. The van der Waals surface area contributed by atoms with Crippen LogP contribution >= 0.6 is 11.8 Å². The Bertz CT molecular complexity index is 394. The molecule has 0 spiro atoms. The molecule has 18 heavy (non-hydrogen) atoms. The average molecular weight is 264 g/mol. The second-order valence-electron chi connectivity index (χ2n) is 4.57. The fourth-order valence-corrected chi connectivity index (χ4v) is 2.81. The number of amidine groups is 1. The first-order chi connectivity index (χ1) is 8.75. The number of aliphatic imine (C=N–C) groups is 1. The van der Waals surface area contributed by atoms with Gasteiger partial charge in [-0.2, -0.15) is 0 Å². The van der Waals surface area contributed by atoms with Crippen molar-refractivity contribution in [1.82, 2.24) is 5.32 Å². The number of thioether (sulfide) groups is 1. The van der Waals surface area contributed by atoms with E-state index in [1.54, 1.807) is 11.8 Å². The summed E-state index contributed by atoms with van der Waals surface area (Å²) in [5.41, 5.74) is 0. The Kier molecular flexibility index (Phi) is 4.93. The van der Waals surface area contributed by atoms with Gasteiger partial charge in [0.15, 0.2) is 5.17 Å². The third-order valence-corrected chi connectivity index (χ3v) is 4.26. The van der Waals surface area contributed by atoms with Crippen LogP contribution in [0.15, 0.2) is 35.3 Å². The Hall–Kier alpha value is -1.16. The molecule has 1 aliphatic rings. The summed E-state index contributed by atoms with van der Waals surface area (Å²) in [6.45, 7) is 5.80. The van der Waals surface area contributed by atoms with Gasteiger partial charge in [-0.15, -0.1) is 0 Å². The maximum atomic E-state index is 5.60. The summed E-state index contributed by atoms with van der Waals surface area (Å²) in [4.78, 5) is 4.53. The fraction of sp³-hybridized carbons (Fsp3) is 0.500. The van der Waals surface area contributed by atoms with Crippen molar-refractivity contribution in [1.29, 1.82) is 0 Å². The van der Waals surface area contributed by atoms with E-state index in [9.17, 15) is 0 Å². The Balaban J connectivity index is 1.72. The van der Waals surface area contributed by atoms with Gasteiger partial charge >= 0.3 is 0 Å². The molecule has 2 atom stereocenters. The summed E-state index contributed by atoms with van der Waals surface area (Å²) in [5.74, 6) is 2.76. The number of nitrogens with zero attached hydrogens (tertiary/aromatic N) is 1. The molecule has 0 bridgehead atoms. The van der Waals surface area contributed by atoms with Crippen LogP contribution in [0.3, 0.4) is 0 Å². The van der Waals surface area contributed by atoms with Crippen molar-refractivity contribution in [3.8, 4) is 5.75 Å². The minimum Gasteiger partial charge on any atom is -0.492 e. The molecule has 2 rings (SSSR count). The van der Waals surface area contributed by atoms with E-state index in [1.165, 1.54) is 0 Å². The Labute approximate surface area is 113 Å². The Morgan fingerprint density at radius 1 is 1.33 bits per heavy atom. The SMILES string of the molecule is CC1CSC(=NCCOc2ccccc2)NC1C. The highest BCUT2D eigenvalue weighted by molar-refractivity contribution is 8.13. The van der Waals surface area contributed by atoms with Crippen LogP contribution in [0, 0.1) is 5.92 Å². The van der Waals surface area contributed by atoms with Gasteiger partial charge in [-0.1, -0.05) is 36.9 Å². The minimum absolute atomic E-state index is 0.514. The first-order valence-corrected chi connectivity index (χ1v) is 7.36. The Morgan fingerprint density at radius 2 is 2.11 bits per heavy atom. The number of hydrogen-bond acceptors (Lipinski definition) is 3. The molecule has 1 aliphatic heterocycles. The van der Waals surface area contributed by atoms with Crippen LogP contribution in [-0.2, 0) is 0 Å². The quantitative estimate of drug-likeness (QED) is 0.849. The van der Waals surface area contributed by atoms with Crippen molar-refractivity contribution < 1.29 is 4.74 Å². The van der Waals surface area contributed by atoms with E-state index < -0.39 is 0 Å². The van der Waals surface area contributed by atoms with Gasteiger partial charge in [-0.25, -0.2) is 0 Å². The summed E-state index contributed by atoms with van der Waals surface area (Å²) in [7, 11) is 0. The molecule has 1 heterocycles. The minimum atomic E-state index is 0.514. The number of ether oxygens (including phenoxy) is 1. The van der Waals surface area contributed by atoms with E-state index in [4.69, 9.17) is 4.74 Å². The van der Waals surface area contributed by atoms with Crippen molar-refractivity contribution in [2.75, 3.05) is 18.9 Å². The molecule has 3 nitrogen and oxygen atoms in total. The fourth-order valence-electron chi connectivity index (χ4n) is 1.65. The lowest BCUT2D eigenvalue weighted by Gasteiger charge is -2.28. The van der Waals surface area contributed by atoms with Crippen LogP contribution < -0.4 is 10.1 Å². The van der Waals surface area contributed by atoms with Crippen LogP contribution in [0.5, 0.6) is 5.75 Å². The van der Waals surface area contributed by atoms with Crippen molar-refractivity contribution in [3.05, 3.63) is 30.3 Å². The lowest BCUT2D eigenvalue weighted by atomic mass is 10.1. The second-order valence-corrected chi connectivity index (χ2v) is 5.58. The molecule has 0 aromatic heterocycles. The molecule has 1 aromatic rings. The molecule has 1 saturated heterocycles. The molecule has 1 fully saturated rings. The standard InChI is InChI=1S/C14H20N2OS/c1-11-10-18-14(16-12(11)2)15-8-9-17-13-6-4-3-5-7-13/h3-7,11-12H,8-10H2,1-2H3,(H,15,16). The topological polar surface area (TPSA) is 33.6 Å². The van der Waals surface area contributed by atoms with Crippen LogP contribution in [0.4, 0.5) is 0 Å². The third-order valence-electron chi connectivity index (χ3n) is 3.05. The third kappa shape index (κ3) is 3.95. The summed E-state index contributed by atoms with van der Waals surface area (Å²) in [6, 6.07) is 10.4. The molecular formula is C14H20N2OS. The first kappa shape index (κ1) is 13.3. The van der Waals surface area contributed by atoms with E-state index in [-0.39, 0.29) is 0 Å². The predicted molar refractivity (Wildman–Crippen MR) is 78.5 cm³/mol. The summed E-state index contributed by atoms with van der Waals surface area (Å²) >= 11 is 1.80. The normalized spacial score (nSPS) is 25.8. The van der Waals surface area contributed by atoms with Gasteiger partial charge in [0.2, 0.25) is 0 Å². The zero-order valence-electron chi connectivity index (χ0n) is 10.9. The van der Waals surface area contributed by atoms with E-state index in [1.807, 2.05) is 30.3 Å². The highest BCUT2D eigenvalue weighted by atomic mass is 32.2.